The zero-order chi connectivity index (χ0) is 15.8. The fraction of sp³-hybridized carbons (Fsp3) is 0.333. The van der Waals surface area contributed by atoms with Crippen LogP contribution < -0.4 is 4.72 Å². The van der Waals surface area contributed by atoms with Crippen molar-refractivity contribution in [3.05, 3.63) is 46.4 Å². The molecule has 21 heavy (non-hydrogen) atoms. The number of aryl methyl sites for hydroxylation is 4. The number of rotatable bonds is 4. The second kappa shape index (κ2) is 5.54. The Hall–Kier alpha value is -1.79. The van der Waals surface area contributed by atoms with E-state index in [1.807, 2.05) is 19.9 Å². The van der Waals surface area contributed by atoms with Crippen LogP contribution in [0.2, 0.25) is 0 Å². The van der Waals surface area contributed by atoms with Gasteiger partial charge in [-0.1, -0.05) is 6.07 Å². The maximum Gasteiger partial charge on any atom is 0.265 e. The van der Waals surface area contributed by atoms with E-state index in [2.05, 4.69) is 4.72 Å². The van der Waals surface area contributed by atoms with E-state index in [0.717, 1.165) is 11.1 Å². The molecule has 0 saturated carbocycles. The lowest BCUT2D eigenvalue weighted by atomic mass is 10.1. The van der Waals surface area contributed by atoms with Gasteiger partial charge in [0.1, 0.15) is 16.4 Å². The molecule has 0 saturated heterocycles. The zero-order valence-corrected chi connectivity index (χ0v) is 13.3. The van der Waals surface area contributed by atoms with E-state index >= 15 is 0 Å². The highest BCUT2D eigenvalue weighted by atomic mass is 32.2. The van der Waals surface area contributed by atoms with Crippen molar-refractivity contribution in [1.29, 1.82) is 0 Å². The van der Waals surface area contributed by atoms with Gasteiger partial charge in [0.25, 0.3) is 10.0 Å². The summed E-state index contributed by atoms with van der Waals surface area (Å²) in [6.07, 6.45) is 0. The van der Waals surface area contributed by atoms with Gasteiger partial charge in [0.15, 0.2) is 0 Å². The minimum absolute atomic E-state index is 0.0146. The molecule has 0 atom stereocenters. The summed E-state index contributed by atoms with van der Waals surface area (Å²) in [5.41, 5.74) is 2.87. The number of anilines is 1. The van der Waals surface area contributed by atoms with Crippen molar-refractivity contribution in [3.8, 4) is 0 Å². The predicted octanol–water partition coefficient (Wildman–Crippen LogP) is 2.81. The van der Waals surface area contributed by atoms with Crippen LogP contribution in [0.3, 0.4) is 0 Å². The summed E-state index contributed by atoms with van der Waals surface area (Å²) in [4.78, 5) is 0.0146. The van der Waals surface area contributed by atoms with Crippen LogP contribution in [0, 0.1) is 27.7 Å². The van der Waals surface area contributed by atoms with Gasteiger partial charge in [0, 0.05) is 11.3 Å². The molecule has 0 radical (unpaired) electrons. The lowest BCUT2D eigenvalue weighted by Crippen LogP contribution is -2.15. The average Bonchev–Trinajstić information content (AvgIpc) is 2.68. The molecule has 1 heterocycles. The van der Waals surface area contributed by atoms with E-state index in [1.54, 1.807) is 26.0 Å². The highest BCUT2D eigenvalue weighted by Gasteiger charge is 2.26. The normalized spacial score (nSPS) is 11.7. The summed E-state index contributed by atoms with van der Waals surface area (Å²) >= 11 is 0. The van der Waals surface area contributed by atoms with Gasteiger partial charge in [-0.25, -0.2) is 8.42 Å². The molecule has 1 aromatic heterocycles. The first-order chi connectivity index (χ1) is 9.76. The fourth-order valence-corrected chi connectivity index (χ4v) is 3.75. The number of aliphatic hydroxyl groups is 1. The van der Waals surface area contributed by atoms with Gasteiger partial charge in [-0.3, -0.25) is 4.72 Å². The van der Waals surface area contributed by atoms with Crippen LogP contribution in [0.25, 0.3) is 0 Å². The third-order valence-corrected chi connectivity index (χ3v) is 5.09. The van der Waals surface area contributed by atoms with Crippen LogP contribution in [0.1, 0.15) is 28.2 Å². The molecule has 6 heteroatoms. The maximum absolute atomic E-state index is 12.5. The molecule has 0 aliphatic rings. The first kappa shape index (κ1) is 15.6. The number of benzene rings is 1. The molecule has 2 N–H and O–H groups in total. The summed E-state index contributed by atoms with van der Waals surface area (Å²) in [7, 11) is -3.80. The Morgan fingerprint density at radius 3 is 2.33 bits per heavy atom. The van der Waals surface area contributed by atoms with Gasteiger partial charge >= 0.3 is 0 Å². The van der Waals surface area contributed by atoms with Gasteiger partial charge in [-0.15, -0.1) is 0 Å². The summed E-state index contributed by atoms with van der Waals surface area (Å²) in [6, 6.07) is 5.34. The number of sulfonamides is 1. The molecule has 0 spiro atoms. The number of nitrogens with one attached hydrogen (secondary N) is 1. The molecule has 0 aliphatic carbocycles. The lowest BCUT2D eigenvalue weighted by molar-refractivity contribution is 0.276. The van der Waals surface area contributed by atoms with Crippen molar-refractivity contribution in [1.82, 2.24) is 0 Å². The number of furan rings is 1. The fourth-order valence-electron chi connectivity index (χ4n) is 2.26. The van der Waals surface area contributed by atoms with Crippen LogP contribution in [-0.4, -0.2) is 13.5 Å². The SMILES string of the molecule is Cc1ccc(NS(=O)(=O)c2c(C)oc(C)c2CO)cc1C. The Morgan fingerprint density at radius 2 is 1.76 bits per heavy atom. The Morgan fingerprint density at radius 1 is 1.10 bits per heavy atom. The second-order valence-electron chi connectivity index (χ2n) is 5.08. The molecule has 0 aliphatic heterocycles. The van der Waals surface area contributed by atoms with Gasteiger partial charge in [-0.05, 0) is 51.0 Å². The van der Waals surface area contributed by atoms with E-state index in [4.69, 9.17) is 4.42 Å². The van der Waals surface area contributed by atoms with Crippen LogP contribution >= 0.6 is 0 Å². The van der Waals surface area contributed by atoms with Crippen molar-refractivity contribution in [2.45, 2.75) is 39.2 Å². The predicted molar refractivity (Wildman–Crippen MR) is 80.8 cm³/mol. The molecular formula is C15H19NO4S. The molecule has 0 unspecified atom stereocenters. The van der Waals surface area contributed by atoms with Crippen molar-refractivity contribution >= 4 is 15.7 Å². The maximum atomic E-state index is 12.5. The Bertz CT molecular complexity index is 775. The smallest absolute Gasteiger partial charge is 0.265 e. The van der Waals surface area contributed by atoms with Crippen molar-refractivity contribution in [3.63, 3.8) is 0 Å². The summed E-state index contributed by atoms with van der Waals surface area (Å²) in [6.45, 7) is 6.70. The molecule has 5 nitrogen and oxygen atoms in total. The summed E-state index contributed by atoms with van der Waals surface area (Å²) < 4.78 is 32.9. The summed E-state index contributed by atoms with van der Waals surface area (Å²) in [5.74, 6) is 0.684. The Balaban J connectivity index is 2.45. The van der Waals surface area contributed by atoms with Gasteiger partial charge in [0.2, 0.25) is 0 Å². The third-order valence-electron chi connectivity index (χ3n) is 3.51. The standard InChI is InChI=1S/C15H19NO4S/c1-9-5-6-13(7-10(9)2)16-21(18,19)15-12(4)20-11(3)14(15)8-17/h5-7,16-17H,8H2,1-4H3. The minimum atomic E-state index is -3.80. The highest BCUT2D eigenvalue weighted by molar-refractivity contribution is 7.92. The third kappa shape index (κ3) is 2.96. The topological polar surface area (TPSA) is 79.5 Å². The van der Waals surface area contributed by atoms with Crippen LogP contribution in [0.4, 0.5) is 5.69 Å². The van der Waals surface area contributed by atoms with Crippen LogP contribution in [0.15, 0.2) is 27.5 Å². The molecule has 114 valence electrons. The molecule has 0 fully saturated rings. The van der Waals surface area contributed by atoms with Gasteiger partial charge in [-0.2, -0.15) is 0 Å². The molecule has 0 bridgehead atoms. The number of hydrogen-bond acceptors (Lipinski definition) is 4. The molecule has 2 rings (SSSR count). The van der Waals surface area contributed by atoms with Crippen LogP contribution in [-0.2, 0) is 16.6 Å². The molecule has 2 aromatic rings. The lowest BCUT2D eigenvalue weighted by Gasteiger charge is -2.10. The van der Waals surface area contributed by atoms with Gasteiger partial charge < -0.3 is 9.52 Å². The van der Waals surface area contributed by atoms with Crippen LogP contribution in [0.5, 0.6) is 0 Å². The van der Waals surface area contributed by atoms with E-state index in [9.17, 15) is 13.5 Å². The van der Waals surface area contributed by atoms with Gasteiger partial charge in [0.05, 0.1) is 6.61 Å². The minimum Gasteiger partial charge on any atom is -0.465 e. The first-order valence-electron chi connectivity index (χ1n) is 6.56. The summed E-state index contributed by atoms with van der Waals surface area (Å²) in [5, 5.41) is 9.37. The Kier molecular flexibility index (Phi) is 4.11. The van der Waals surface area contributed by atoms with Crippen molar-refractivity contribution < 1.29 is 17.9 Å². The Labute approximate surface area is 124 Å². The van der Waals surface area contributed by atoms with E-state index in [0.29, 0.717) is 17.0 Å². The van der Waals surface area contributed by atoms with Crippen molar-refractivity contribution in [2.75, 3.05) is 4.72 Å². The monoisotopic (exact) mass is 309 g/mol. The molecule has 0 amide bonds. The molecular weight excluding hydrogens is 290 g/mol. The quantitative estimate of drug-likeness (QED) is 0.910. The highest BCUT2D eigenvalue weighted by Crippen LogP contribution is 2.28. The second-order valence-corrected chi connectivity index (χ2v) is 6.70. The zero-order valence-electron chi connectivity index (χ0n) is 12.5. The first-order valence-corrected chi connectivity index (χ1v) is 8.04. The van der Waals surface area contributed by atoms with E-state index in [-0.39, 0.29) is 17.3 Å². The average molecular weight is 309 g/mol. The van der Waals surface area contributed by atoms with E-state index in [1.165, 1.54) is 0 Å². The number of hydrogen-bond donors (Lipinski definition) is 2. The largest absolute Gasteiger partial charge is 0.465 e. The van der Waals surface area contributed by atoms with E-state index < -0.39 is 10.0 Å². The van der Waals surface area contributed by atoms with Crippen molar-refractivity contribution in [2.24, 2.45) is 0 Å². The molecule has 1 aromatic carbocycles. The number of aliphatic hydroxyl groups excluding tert-OH is 1.